The van der Waals surface area contributed by atoms with Crippen LogP contribution in [0.2, 0.25) is 0 Å². The molecule has 0 aliphatic heterocycles. The number of aromatic amines is 1. The van der Waals surface area contributed by atoms with Crippen molar-refractivity contribution in [3.05, 3.63) is 41.7 Å². The van der Waals surface area contributed by atoms with Crippen LogP contribution in [0.4, 0.5) is 13.2 Å². The summed E-state index contributed by atoms with van der Waals surface area (Å²) in [5.41, 5.74) is -1.17. The summed E-state index contributed by atoms with van der Waals surface area (Å²) in [7, 11) is 0. The molecule has 3 aromatic rings. The Bertz CT molecular complexity index is 1110. The standard InChI is InChI=1S/C22H24F3N3O3/c1-4-31-18(29)10-13(9-12(2)3)26-21(30)17-11-15-14-7-5-6-8-16(14)27-19(15)20(28-17)22(23,24)25/h5-8,11-13,27H,4,9-10H2,1-3H3,(H,26,30)/t13-/m0/s1. The van der Waals surface area contributed by atoms with Crippen molar-refractivity contribution in [3.63, 3.8) is 0 Å². The van der Waals surface area contributed by atoms with Gasteiger partial charge in [-0.25, -0.2) is 4.98 Å². The average Bonchev–Trinajstić information content (AvgIpc) is 3.04. The molecule has 3 rings (SSSR count). The molecule has 0 saturated carbocycles. The maximum absolute atomic E-state index is 13.7. The van der Waals surface area contributed by atoms with Gasteiger partial charge in [-0.1, -0.05) is 32.0 Å². The Morgan fingerprint density at radius 3 is 2.55 bits per heavy atom. The monoisotopic (exact) mass is 435 g/mol. The molecule has 6 nitrogen and oxygen atoms in total. The zero-order valence-corrected chi connectivity index (χ0v) is 17.5. The second kappa shape index (κ2) is 8.95. The number of hydrogen-bond acceptors (Lipinski definition) is 4. The van der Waals surface area contributed by atoms with E-state index in [9.17, 15) is 22.8 Å². The summed E-state index contributed by atoms with van der Waals surface area (Å²) >= 11 is 0. The molecular formula is C22H24F3N3O3. The third kappa shape index (κ3) is 5.15. The van der Waals surface area contributed by atoms with Crippen molar-refractivity contribution < 1.29 is 27.5 Å². The number of rotatable bonds is 7. The van der Waals surface area contributed by atoms with Crippen LogP contribution < -0.4 is 5.32 Å². The highest BCUT2D eigenvalue weighted by Gasteiger charge is 2.37. The van der Waals surface area contributed by atoms with Crippen molar-refractivity contribution in [2.75, 3.05) is 6.61 Å². The zero-order chi connectivity index (χ0) is 22.8. The molecule has 166 valence electrons. The Morgan fingerprint density at radius 2 is 1.90 bits per heavy atom. The van der Waals surface area contributed by atoms with Crippen molar-refractivity contribution in [1.82, 2.24) is 15.3 Å². The van der Waals surface area contributed by atoms with Crippen LogP contribution in [0.5, 0.6) is 0 Å². The number of amides is 1. The number of para-hydroxylation sites is 1. The summed E-state index contributed by atoms with van der Waals surface area (Å²) in [6, 6.07) is 7.52. The van der Waals surface area contributed by atoms with Gasteiger partial charge in [0.05, 0.1) is 18.5 Å². The molecule has 0 bridgehead atoms. The number of carbonyl (C=O) groups is 2. The van der Waals surface area contributed by atoms with E-state index >= 15 is 0 Å². The molecule has 0 spiro atoms. The molecule has 0 aliphatic rings. The summed E-state index contributed by atoms with van der Waals surface area (Å²) < 4.78 is 46.1. The van der Waals surface area contributed by atoms with Gasteiger partial charge in [0.1, 0.15) is 5.69 Å². The number of pyridine rings is 1. The lowest BCUT2D eigenvalue weighted by Gasteiger charge is -2.20. The lowest BCUT2D eigenvalue weighted by Crippen LogP contribution is -2.38. The molecule has 9 heteroatoms. The third-order valence-electron chi connectivity index (χ3n) is 4.81. The predicted octanol–water partition coefficient (Wildman–Crippen LogP) is 4.83. The quantitative estimate of drug-likeness (QED) is 0.521. The van der Waals surface area contributed by atoms with Crippen molar-refractivity contribution in [1.29, 1.82) is 0 Å². The van der Waals surface area contributed by atoms with Crippen molar-refractivity contribution in [3.8, 4) is 0 Å². The topological polar surface area (TPSA) is 84.1 Å². The summed E-state index contributed by atoms with van der Waals surface area (Å²) in [5.74, 6) is -1.10. The Labute approximate surface area is 177 Å². The van der Waals surface area contributed by atoms with Crippen LogP contribution in [0.15, 0.2) is 30.3 Å². The highest BCUT2D eigenvalue weighted by molar-refractivity contribution is 6.10. The molecule has 2 heterocycles. The fourth-order valence-corrected chi connectivity index (χ4v) is 3.61. The van der Waals surface area contributed by atoms with Gasteiger partial charge in [-0.2, -0.15) is 13.2 Å². The fraction of sp³-hybridized carbons (Fsp3) is 0.409. The van der Waals surface area contributed by atoms with Crippen molar-refractivity contribution in [2.45, 2.75) is 45.8 Å². The first-order valence-corrected chi connectivity index (χ1v) is 10.0. The summed E-state index contributed by atoms with van der Waals surface area (Å²) in [4.78, 5) is 31.1. The van der Waals surface area contributed by atoms with Gasteiger partial charge in [0.15, 0.2) is 5.69 Å². The van der Waals surface area contributed by atoms with Crippen LogP contribution in [-0.2, 0) is 15.7 Å². The van der Waals surface area contributed by atoms with Gasteiger partial charge in [-0.05, 0) is 31.4 Å². The van der Waals surface area contributed by atoms with Crippen LogP contribution in [0.1, 0.15) is 49.8 Å². The van der Waals surface area contributed by atoms with E-state index in [4.69, 9.17) is 4.74 Å². The molecule has 0 radical (unpaired) electrons. The fourth-order valence-electron chi connectivity index (χ4n) is 3.61. The van der Waals surface area contributed by atoms with E-state index in [0.717, 1.165) is 0 Å². The second-order valence-corrected chi connectivity index (χ2v) is 7.76. The zero-order valence-electron chi connectivity index (χ0n) is 17.5. The number of nitrogens with one attached hydrogen (secondary N) is 2. The van der Waals surface area contributed by atoms with E-state index in [1.807, 2.05) is 13.8 Å². The molecule has 0 aliphatic carbocycles. The first-order chi connectivity index (χ1) is 14.6. The molecule has 0 fully saturated rings. The first kappa shape index (κ1) is 22.6. The van der Waals surface area contributed by atoms with Crippen LogP contribution in [-0.4, -0.2) is 34.5 Å². The Kier molecular flexibility index (Phi) is 6.52. The highest BCUT2D eigenvalue weighted by atomic mass is 19.4. The SMILES string of the molecule is CCOC(=O)C[C@H](CC(C)C)NC(=O)c1cc2c([nH]c3ccccc32)c(C(F)(F)F)n1. The van der Waals surface area contributed by atoms with E-state index in [-0.39, 0.29) is 35.5 Å². The smallest absolute Gasteiger partial charge is 0.435 e. The lowest BCUT2D eigenvalue weighted by atomic mass is 10.0. The second-order valence-electron chi connectivity index (χ2n) is 7.76. The molecule has 1 amide bonds. The summed E-state index contributed by atoms with van der Waals surface area (Å²) in [6.45, 7) is 5.71. The number of carbonyl (C=O) groups excluding carboxylic acids is 2. The minimum Gasteiger partial charge on any atom is -0.466 e. The van der Waals surface area contributed by atoms with Crippen LogP contribution in [0.25, 0.3) is 21.8 Å². The number of aromatic nitrogens is 2. The number of ether oxygens (including phenoxy) is 1. The van der Waals surface area contributed by atoms with Crippen LogP contribution in [0.3, 0.4) is 0 Å². The molecule has 0 unspecified atom stereocenters. The van der Waals surface area contributed by atoms with Crippen LogP contribution >= 0.6 is 0 Å². The number of halogens is 3. The van der Waals surface area contributed by atoms with Crippen molar-refractivity contribution in [2.24, 2.45) is 5.92 Å². The van der Waals surface area contributed by atoms with Gasteiger partial charge in [-0.3, -0.25) is 9.59 Å². The molecule has 0 saturated heterocycles. The van der Waals surface area contributed by atoms with Gasteiger partial charge < -0.3 is 15.0 Å². The number of nitrogens with zero attached hydrogens (tertiary/aromatic N) is 1. The maximum atomic E-state index is 13.7. The van der Waals surface area contributed by atoms with Crippen LogP contribution in [0, 0.1) is 5.92 Å². The average molecular weight is 435 g/mol. The molecule has 1 aromatic carbocycles. The number of fused-ring (bicyclic) bond motifs is 3. The maximum Gasteiger partial charge on any atom is 0.435 e. The molecular weight excluding hydrogens is 411 g/mol. The van der Waals surface area contributed by atoms with Gasteiger partial charge in [0.25, 0.3) is 5.91 Å². The molecule has 31 heavy (non-hydrogen) atoms. The largest absolute Gasteiger partial charge is 0.466 e. The number of benzene rings is 1. The molecule has 2 aromatic heterocycles. The summed E-state index contributed by atoms with van der Waals surface area (Å²) in [5, 5.41) is 3.48. The minimum absolute atomic E-state index is 0.0702. The Morgan fingerprint density at radius 1 is 1.19 bits per heavy atom. The highest BCUT2D eigenvalue weighted by Crippen LogP contribution is 2.36. The normalized spacial score (nSPS) is 13.0. The number of hydrogen-bond donors (Lipinski definition) is 2. The van der Waals surface area contributed by atoms with Gasteiger partial charge in [0.2, 0.25) is 0 Å². The molecule has 1 atom stereocenters. The van der Waals surface area contributed by atoms with Gasteiger partial charge in [-0.15, -0.1) is 0 Å². The van der Waals surface area contributed by atoms with E-state index in [1.165, 1.54) is 6.07 Å². The Balaban J connectivity index is 2.01. The van der Waals surface area contributed by atoms with Crippen molar-refractivity contribution >= 4 is 33.7 Å². The van der Waals surface area contributed by atoms with E-state index in [1.54, 1.807) is 31.2 Å². The number of alkyl halides is 3. The minimum atomic E-state index is -4.75. The number of H-pyrrole nitrogens is 1. The number of esters is 1. The molecule has 2 N–H and O–H groups in total. The van der Waals surface area contributed by atoms with Gasteiger partial charge in [0, 0.05) is 22.3 Å². The summed E-state index contributed by atoms with van der Waals surface area (Å²) in [6.07, 6.45) is -4.36. The Hall–Kier alpha value is -3.10. The predicted molar refractivity (Wildman–Crippen MR) is 111 cm³/mol. The van der Waals surface area contributed by atoms with E-state index < -0.39 is 29.8 Å². The van der Waals surface area contributed by atoms with E-state index in [0.29, 0.717) is 17.3 Å². The van der Waals surface area contributed by atoms with Gasteiger partial charge >= 0.3 is 12.1 Å². The van der Waals surface area contributed by atoms with E-state index in [2.05, 4.69) is 15.3 Å². The third-order valence-corrected chi connectivity index (χ3v) is 4.81. The lowest BCUT2D eigenvalue weighted by molar-refractivity contribution is -0.143. The first-order valence-electron chi connectivity index (χ1n) is 10.0.